The summed E-state index contributed by atoms with van der Waals surface area (Å²) in [6, 6.07) is 20.1. The number of hydrogen-bond donors (Lipinski definition) is 0. The van der Waals surface area contributed by atoms with Crippen LogP contribution in [0.25, 0.3) is 11.3 Å². The van der Waals surface area contributed by atoms with Gasteiger partial charge in [0.05, 0.1) is 5.69 Å². The number of hydrogen-bond acceptors (Lipinski definition) is 4. The fraction of sp³-hybridized carbons (Fsp3) is 0.261. The number of rotatable bonds is 3. The zero-order valence-corrected chi connectivity index (χ0v) is 16.3. The fourth-order valence-electron chi connectivity index (χ4n) is 3.47. The van der Waals surface area contributed by atoms with Crippen molar-refractivity contribution < 1.29 is 4.79 Å². The van der Waals surface area contributed by atoms with Gasteiger partial charge in [-0.15, -0.1) is 10.2 Å². The van der Waals surface area contributed by atoms with E-state index in [9.17, 15) is 4.79 Å². The summed E-state index contributed by atoms with van der Waals surface area (Å²) in [5, 5.41) is 8.81. The van der Waals surface area contributed by atoms with E-state index in [4.69, 9.17) is 0 Å². The van der Waals surface area contributed by atoms with E-state index in [1.807, 2.05) is 48.2 Å². The van der Waals surface area contributed by atoms with Gasteiger partial charge in [-0.05, 0) is 38.1 Å². The summed E-state index contributed by atoms with van der Waals surface area (Å²) in [5.41, 5.74) is 5.03. The Bertz CT molecular complexity index is 959. The number of carbonyl (C=O) groups excluding carboxylic acids is 1. The Hall–Kier alpha value is -3.21. The third-order valence-corrected chi connectivity index (χ3v) is 5.15. The minimum Gasteiger partial charge on any atom is -0.352 e. The highest BCUT2D eigenvalue weighted by molar-refractivity contribution is 5.94. The molecule has 1 aromatic heterocycles. The lowest BCUT2D eigenvalue weighted by molar-refractivity contribution is 0.0746. The molecule has 5 heteroatoms. The highest BCUT2D eigenvalue weighted by Gasteiger charge is 2.23. The zero-order chi connectivity index (χ0) is 19.5. The molecule has 1 fully saturated rings. The van der Waals surface area contributed by atoms with Crippen LogP contribution in [0.2, 0.25) is 0 Å². The molecule has 0 N–H and O–H groups in total. The molecule has 4 rings (SSSR count). The number of carbonyl (C=O) groups is 1. The first-order valence-electron chi connectivity index (χ1n) is 9.62. The Morgan fingerprint density at radius 2 is 1.57 bits per heavy atom. The number of aryl methyl sites for hydroxylation is 2. The SMILES string of the molecule is Cc1ccc(-c2ccc(N3CCN(C(=O)c4cccc(C)c4)CC3)nn2)cc1. The van der Waals surface area contributed by atoms with Crippen molar-refractivity contribution in [3.05, 3.63) is 77.4 Å². The van der Waals surface area contributed by atoms with Gasteiger partial charge in [0.1, 0.15) is 0 Å². The fourth-order valence-corrected chi connectivity index (χ4v) is 3.47. The molecule has 3 aromatic rings. The zero-order valence-electron chi connectivity index (χ0n) is 16.3. The Balaban J connectivity index is 1.39. The molecule has 0 unspecified atom stereocenters. The molecule has 0 atom stereocenters. The molecule has 0 radical (unpaired) electrons. The van der Waals surface area contributed by atoms with Gasteiger partial charge in [-0.3, -0.25) is 4.79 Å². The van der Waals surface area contributed by atoms with Gasteiger partial charge < -0.3 is 9.80 Å². The lowest BCUT2D eigenvalue weighted by atomic mass is 10.1. The minimum absolute atomic E-state index is 0.101. The van der Waals surface area contributed by atoms with Crippen LogP contribution in [0.15, 0.2) is 60.7 Å². The van der Waals surface area contributed by atoms with Crippen LogP contribution >= 0.6 is 0 Å². The van der Waals surface area contributed by atoms with E-state index in [0.29, 0.717) is 13.1 Å². The number of piperazine rings is 1. The van der Waals surface area contributed by atoms with Crippen molar-refractivity contribution in [2.24, 2.45) is 0 Å². The predicted molar refractivity (Wildman–Crippen MR) is 112 cm³/mol. The van der Waals surface area contributed by atoms with Gasteiger partial charge in [0.2, 0.25) is 0 Å². The number of amides is 1. The van der Waals surface area contributed by atoms with Gasteiger partial charge in [-0.1, -0.05) is 47.5 Å². The maximum atomic E-state index is 12.7. The minimum atomic E-state index is 0.101. The number of benzene rings is 2. The number of aromatic nitrogens is 2. The summed E-state index contributed by atoms with van der Waals surface area (Å²) in [6.45, 7) is 6.98. The number of nitrogens with zero attached hydrogens (tertiary/aromatic N) is 4. The van der Waals surface area contributed by atoms with E-state index in [2.05, 4.69) is 46.3 Å². The monoisotopic (exact) mass is 372 g/mol. The largest absolute Gasteiger partial charge is 0.352 e. The second-order valence-corrected chi connectivity index (χ2v) is 7.29. The molecule has 1 aliphatic heterocycles. The van der Waals surface area contributed by atoms with Crippen LogP contribution in [0, 0.1) is 13.8 Å². The maximum absolute atomic E-state index is 12.7. The molecule has 0 saturated carbocycles. The topological polar surface area (TPSA) is 49.3 Å². The Kier molecular flexibility index (Phi) is 5.06. The van der Waals surface area contributed by atoms with Gasteiger partial charge in [0.15, 0.2) is 5.82 Å². The first kappa shape index (κ1) is 18.2. The molecule has 1 amide bonds. The molecular weight excluding hydrogens is 348 g/mol. The van der Waals surface area contributed by atoms with E-state index >= 15 is 0 Å². The van der Waals surface area contributed by atoms with Crippen LogP contribution in [-0.4, -0.2) is 47.2 Å². The lowest BCUT2D eigenvalue weighted by Gasteiger charge is -2.35. The highest BCUT2D eigenvalue weighted by atomic mass is 16.2. The van der Waals surface area contributed by atoms with Gasteiger partial charge in [-0.2, -0.15) is 0 Å². The Labute approximate surface area is 165 Å². The van der Waals surface area contributed by atoms with Crippen molar-refractivity contribution >= 4 is 11.7 Å². The van der Waals surface area contributed by atoms with Crippen LogP contribution in [-0.2, 0) is 0 Å². The van der Waals surface area contributed by atoms with Crippen LogP contribution in [0.4, 0.5) is 5.82 Å². The van der Waals surface area contributed by atoms with Crippen LogP contribution in [0.1, 0.15) is 21.5 Å². The van der Waals surface area contributed by atoms with Crippen LogP contribution in [0.5, 0.6) is 0 Å². The third-order valence-electron chi connectivity index (χ3n) is 5.15. The molecule has 0 spiro atoms. The molecule has 2 aromatic carbocycles. The van der Waals surface area contributed by atoms with Crippen LogP contribution in [0.3, 0.4) is 0 Å². The molecule has 1 saturated heterocycles. The summed E-state index contributed by atoms with van der Waals surface area (Å²) in [5.74, 6) is 0.961. The van der Waals surface area contributed by atoms with Gasteiger partial charge >= 0.3 is 0 Å². The van der Waals surface area contributed by atoms with Crippen molar-refractivity contribution in [2.45, 2.75) is 13.8 Å². The highest BCUT2D eigenvalue weighted by Crippen LogP contribution is 2.20. The molecule has 5 nitrogen and oxygen atoms in total. The third kappa shape index (κ3) is 3.88. The average molecular weight is 372 g/mol. The second kappa shape index (κ2) is 7.80. The number of anilines is 1. The quantitative estimate of drug-likeness (QED) is 0.703. The van der Waals surface area contributed by atoms with Gasteiger partial charge in [0.25, 0.3) is 5.91 Å². The Morgan fingerprint density at radius 3 is 2.21 bits per heavy atom. The molecular formula is C23H24N4O. The normalized spacial score (nSPS) is 14.2. The van der Waals surface area contributed by atoms with E-state index in [1.54, 1.807) is 0 Å². The maximum Gasteiger partial charge on any atom is 0.253 e. The molecule has 142 valence electrons. The Morgan fingerprint density at radius 1 is 0.821 bits per heavy atom. The summed E-state index contributed by atoms with van der Waals surface area (Å²) in [6.07, 6.45) is 0. The lowest BCUT2D eigenvalue weighted by Crippen LogP contribution is -2.49. The smallest absolute Gasteiger partial charge is 0.253 e. The molecule has 1 aliphatic rings. The molecule has 0 aliphatic carbocycles. The van der Waals surface area contributed by atoms with Crippen molar-refractivity contribution in [3.63, 3.8) is 0 Å². The summed E-state index contributed by atoms with van der Waals surface area (Å²) < 4.78 is 0. The summed E-state index contributed by atoms with van der Waals surface area (Å²) >= 11 is 0. The van der Waals surface area contributed by atoms with Gasteiger partial charge in [-0.25, -0.2) is 0 Å². The molecule has 2 heterocycles. The van der Waals surface area contributed by atoms with E-state index in [-0.39, 0.29) is 5.91 Å². The first-order chi connectivity index (χ1) is 13.6. The summed E-state index contributed by atoms with van der Waals surface area (Å²) in [4.78, 5) is 16.8. The van der Waals surface area contributed by atoms with Crippen molar-refractivity contribution in [1.82, 2.24) is 15.1 Å². The molecule has 28 heavy (non-hydrogen) atoms. The van der Waals surface area contributed by atoms with Crippen molar-refractivity contribution in [3.8, 4) is 11.3 Å². The standard InChI is InChI=1S/C23H24N4O/c1-17-6-8-19(9-7-17)21-10-11-22(25-24-21)26-12-14-27(15-13-26)23(28)20-5-3-4-18(2)16-20/h3-11,16H,12-15H2,1-2H3. The van der Waals surface area contributed by atoms with E-state index in [1.165, 1.54) is 5.56 Å². The second-order valence-electron chi connectivity index (χ2n) is 7.29. The first-order valence-corrected chi connectivity index (χ1v) is 9.62. The van der Waals surface area contributed by atoms with Gasteiger partial charge in [0, 0.05) is 37.3 Å². The van der Waals surface area contributed by atoms with Crippen LogP contribution < -0.4 is 4.90 Å². The van der Waals surface area contributed by atoms with Crippen molar-refractivity contribution in [2.75, 3.05) is 31.1 Å². The average Bonchev–Trinajstić information content (AvgIpc) is 2.74. The van der Waals surface area contributed by atoms with E-state index < -0.39 is 0 Å². The predicted octanol–water partition coefficient (Wildman–Crippen LogP) is 3.72. The van der Waals surface area contributed by atoms with Crippen molar-refractivity contribution in [1.29, 1.82) is 0 Å². The summed E-state index contributed by atoms with van der Waals surface area (Å²) in [7, 11) is 0. The molecule has 0 bridgehead atoms. The van der Waals surface area contributed by atoms with E-state index in [0.717, 1.165) is 41.3 Å².